The molecule has 0 bridgehead atoms. The molecular weight excluding hydrogens is 310 g/mol. The van der Waals surface area contributed by atoms with E-state index in [9.17, 15) is 13.6 Å². The van der Waals surface area contributed by atoms with E-state index in [-0.39, 0.29) is 6.54 Å². The van der Waals surface area contributed by atoms with Gasteiger partial charge in [-0.1, -0.05) is 36.4 Å². The lowest BCUT2D eigenvalue weighted by Gasteiger charge is -2.23. The van der Waals surface area contributed by atoms with Gasteiger partial charge in [0.15, 0.2) is 0 Å². The molecule has 120 valence electrons. The van der Waals surface area contributed by atoms with Crippen LogP contribution in [0.4, 0.5) is 14.5 Å². The van der Waals surface area contributed by atoms with Gasteiger partial charge in [-0.3, -0.25) is 9.78 Å². The molecule has 0 N–H and O–H groups in total. The van der Waals surface area contributed by atoms with Crippen molar-refractivity contribution in [3.63, 3.8) is 0 Å². The predicted octanol–water partition coefficient (Wildman–Crippen LogP) is 4.21. The zero-order valence-corrected chi connectivity index (χ0v) is 12.7. The molecule has 0 unspecified atom stereocenters. The lowest BCUT2D eigenvalue weighted by atomic mass is 10.1. The topological polar surface area (TPSA) is 33.2 Å². The zero-order valence-electron chi connectivity index (χ0n) is 12.7. The predicted molar refractivity (Wildman–Crippen MR) is 87.6 cm³/mol. The van der Waals surface area contributed by atoms with Crippen molar-refractivity contribution in [2.45, 2.75) is 6.54 Å². The molecule has 0 spiro atoms. The van der Waals surface area contributed by atoms with Crippen molar-refractivity contribution in [2.24, 2.45) is 0 Å². The average Bonchev–Trinajstić information content (AvgIpc) is 2.61. The molecule has 24 heavy (non-hydrogen) atoms. The largest absolute Gasteiger partial charge is 0.304 e. The van der Waals surface area contributed by atoms with Crippen molar-refractivity contribution in [1.29, 1.82) is 0 Å². The van der Waals surface area contributed by atoms with E-state index in [1.54, 1.807) is 12.1 Å². The highest BCUT2D eigenvalue weighted by Crippen LogP contribution is 2.22. The van der Waals surface area contributed by atoms with Crippen molar-refractivity contribution in [2.75, 3.05) is 4.90 Å². The molecule has 3 nitrogen and oxygen atoms in total. The minimum atomic E-state index is -0.882. The Labute approximate surface area is 138 Å². The summed E-state index contributed by atoms with van der Waals surface area (Å²) in [6.45, 7) is 0.192. The van der Waals surface area contributed by atoms with Crippen LogP contribution in [0, 0.1) is 11.6 Å². The second kappa shape index (κ2) is 7.00. The molecule has 0 aliphatic carbocycles. The first kappa shape index (κ1) is 15.8. The number of aromatic nitrogens is 1. The Kier molecular flexibility index (Phi) is 4.61. The maximum atomic E-state index is 14.0. The lowest BCUT2D eigenvalue weighted by Crippen LogP contribution is -2.32. The molecule has 0 aliphatic heterocycles. The molecule has 1 heterocycles. The van der Waals surface area contributed by atoms with Gasteiger partial charge in [0.2, 0.25) is 0 Å². The average molecular weight is 324 g/mol. The number of carbonyl (C=O) groups is 1. The Morgan fingerprint density at radius 1 is 0.875 bits per heavy atom. The summed E-state index contributed by atoms with van der Waals surface area (Å²) >= 11 is 0. The SMILES string of the molecule is O=C(c1c(F)cccc1F)N(Cc1ccccc1)c1ccncc1. The third-order valence-corrected chi connectivity index (χ3v) is 3.58. The standard InChI is InChI=1S/C19H14F2N2O/c20-16-7-4-8-17(21)18(16)19(24)23(15-9-11-22-12-10-15)13-14-5-2-1-3-6-14/h1-12H,13H2. The number of hydrogen-bond acceptors (Lipinski definition) is 2. The van der Waals surface area contributed by atoms with E-state index in [2.05, 4.69) is 4.98 Å². The van der Waals surface area contributed by atoms with Crippen LogP contribution in [0.25, 0.3) is 0 Å². The van der Waals surface area contributed by atoms with Gasteiger partial charge in [0.05, 0.1) is 6.54 Å². The molecular formula is C19H14F2N2O. The smallest absolute Gasteiger partial charge is 0.264 e. The number of nitrogens with zero attached hydrogens (tertiary/aromatic N) is 2. The summed E-state index contributed by atoms with van der Waals surface area (Å²) < 4.78 is 28.0. The first-order valence-corrected chi connectivity index (χ1v) is 7.36. The van der Waals surface area contributed by atoms with Crippen molar-refractivity contribution < 1.29 is 13.6 Å². The van der Waals surface area contributed by atoms with E-state index in [1.165, 1.54) is 23.4 Å². The summed E-state index contributed by atoms with van der Waals surface area (Å²) in [4.78, 5) is 18.1. The second-order valence-electron chi connectivity index (χ2n) is 5.18. The van der Waals surface area contributed by atoms with Gasteiger partial charge in [0, 0.05) is 18.1 Å². The van der Waals surface area contributed by atoms with E-state index < -0.39 is 23.1 Å². The minimum absolute atomic E-state index is 0.192. The molecule has 5 heteroatoms. The van der Waals surface area contributed by atoms with Crippen LogP contribution in [-0.4, -0.2) is 10.9 Å². The lowest BCUT2D eigenvalue weighted by molar-refractivity contribution is 0.0977. The summed E-state index contributed by atoms with van der Waals surface area (Å²) in [5.74, 6) is -2.50. The molecule has 0 aliphatic rings. The Bertz CT molecular complexity index is 818. The molecule has 0 saturated carbocycles. The molecule has 0 radical (unpaired) electrons. The maximum absolute atomic E-state index is 14.0. The third-order valence-electron chi connectivity index (χ3n) is 3.58. The van der Waals surface area contributed by atoms with Gasteiger partial charge >= 0.3 is 0 Å². The normalized spacial score (nSPS) is 10.4. The Morgan fingerprint density at radius 2 is 1.50 bits per heavy atom. The number of halogens is 2. The monoisotopic (exact) mass is 324 g/mol. The van der Waals surface area contributed by atoms with Crippen molar-refractivity contribution in [1.82, 2.24) is 4.98 Å². The molecule has 3 aromatic rings. The van der Waals surface area contributed by atoms with Crippen LogP contribution in [-0.2, 0) is 6.54 Å². The number of hydrogen-bond donors (Lipinski definition) is 0. The van der Waals surface area contributed by atoms with Crippen LogP contribution in [0.5, 0.6) is 0 Å². The number of amides is 1. The molecule has 1 aromatic heterocycles. The molecule has 1 amide bonds. The Balaban J connectivity index is 2.03. The fourth-order valence-electron chi connectivity index (χ4n) is 2.41. The summed E-state index contributed by atoms with van der Waals surface area (Å²) in [6.07, 6.45) is 3.05. The Hall–Kier alpha value is -3.08. The summed E-state index contributed by atoms with van der Waals surface area (Å²) in [7, 11) is 0. The quantitative estimate of drug-likeness (QED) is 0.720. The highest BCUT2D eigenvalue weighted by atomic mass is 19.1. The summed E-state index contributed by atoms with van der Waals surface area (Å²) in [6, 6.07) is 15.9. The van der Waals surface area contributed by atoms with Crippen molar-refractivity contribution >= 4 is 11.6 Å². The zero-order chi connectivity index (χ0) is 16.9. The van der Waals surface area contributed by atoms with E-state index in [4.69, 9.17) is 0 Å². The number of rotatable bonds is 4. The van der Waals surface area contributed by atoms with Gasteiger partial charge in [0.25, 0.3) is 5.91 Å². The van der Waals surface area contributed by atoms with Gasteiger partial charge in [-0.15, -0.1) is 0 Å². The first-order chi connectivity index (χ1) is 11.7. The van der Waals surface area contributed by atoms with E-state index >= 15 is 0 Å². The second-order valence-corrected chi connectivity index (χ2v) is 5.18. The highest BCUT2D eigenvalue weighted by Gasteiger charge is 2.24. The van der Waals surface area contributed by atoms with E-state index in [1.807, 2.05) is 30.3 Å². The van der Waals surface area contributed by atoms with Gasteiger partial charge in [0.1, 0.15) is 17.2 Å². The molecule has 3 rings (SSSR count). The third kappa shape index (κ3) is 3.30. The minimum Gasteiger partial charge on any atom is -0.304 e. The number of benzene rings is 2. The van der Waals surface area contributed by atoms with Crippen LogP contribution in [0.2, 0.25) is 0 Å². The van der Waals surface area contributed by atoms with E-state index in [0.29, 0.717) is 5.69 Å². The van der Waals surface area contributed by atoms with Gasteiger partial charge in [-0.05, 0) is 29.8 Å². The number of carbonyl (C=O) groups excluding carboxylic acids is 1. The van der Waals surface area contributed by atoms with Gasteiger partial charge in [-0.25, -0.2) is 8.78 Å². The first-order valence-electron chi connectivity index (χ1n) is 7.36. The summed E-state index contributed by atoms with van der Waals surface area (Å²) in [5.41, 5.74) is 0.797. The molecule has 0 fully saturated rings. The number of anilines is 1. The number of pyridine rings is 1. The fourth-order valence-corrected chi connectivity index (χ4v) is 2.41. The fraction of sp³-hybridized carbons (Fsp3) is 0.0526. The van der Waals surface area contributed by atoms with Gasteiger partial charge in [-0.2, -0.15) is 0 Å². The molecule has 2 aromatic carbocycles. The Morgan fingerprint density at radius 3 is 2.12 bits per heavy atom. The molecule has 0 atom stereocenters. The van der Waals surface area contributed by atoms with Crippen LogP contribution >= 0.6 is 0 Å². The van der Waals surface area contributed by atoms with Gasteiger partial charge < -0.3 is 4.90 Å². The van der Waals surface area contributed by atoms with Crippen LogP contribution < -0.4 is 4.90 Å². The van der Waals surface area contributed by atoms with Crippen LogP contribution in [0.3, 0.4) is 0 Å². The van der Waals surface area contributed by atoms with Crippen LogP contribution in [0.1, 0.15) is 15.9 Å². The highest BCUT2D eigenvalue weighted by molar-refractivity contribution is 6.06. The van der Waals surface area contributed by atoms with Crippen molar-refractivity contribution in [3.05, 3.63) is 95.8 Å². The summed E-state index contributed by atoms with van der Waals surface area (Å²) in [5, 5.41) is 0. The van der Waals surface area contributed by atoms with E-state index in [0.717, 1.165) is 17.7 Å². The van der Waals surface area contributed by atoms with Crippen molar-refractivity contribution in [3.8, 4) is 0 Å². The maximum Gasteiger partial charge on any atom is 0.264 e. The molecule has 0 saturated heterocycles. The van der Waals surface area contributed by atoms with Crippen LogP contribution in [0.15, 0.2) is 73.1 Å².